The normalized spacial score (nSPS) is 17.4. The first-order chi connectivity index (χ1) is 14.3. The van der Waals surface area contributed by atoms with Crippen molar-refractivity contribution in [2.75, 3.05) is 27.6 Å². The van der Waals surface area contributed by atoms with Crippen molar-refractivity contribution in [3.63, 3.8) is 0 Å². The van der Waals surface area contributed by atoms with Gasteiger partial charge < -0.3 is 24.3 Å². The van der Waals surface area contributed by atoms with Gasteiger partial charge in [0.1, 0.15) is 0 Å². The number of benzene rings is 2. The van der Waals surface area contributed by atoms with E-state index in [1.165, 1.54) is 11.1 Å². The number of hydrogen-bond acceptors (Lipinski definition) is 6. The van der Waals surface area contributed by atoms with E-state index in [1.54, 1.807) is 14.2 Å². The Labute approximate surface area is 177 Å². The van der Waals surface area contributed by atoms with Crippen LogP contribution in [0.25, 0.3) is 0 Å². The first kappa shape index (κ1) is 20.5. The second kappa shape index (κ2) is 7.84. The van der Waals surface area contributed by atoms with Gasteiger partial charge in [-0.05, 0) is 54.3 Å². The molecule has 0 radical (unpaired) electrons. The first-order valence-corrected chi connectivity index (χ1v) is 10.3. The summed E-state index contributed by atoms with van der Waals surface area (Å²) in [6.45, 7) is 6.80. The van der Waals surface area contributed by atoms with Crippen LogP contribution in [0.15, 0.2) is 24.3 Å². The Morgan fingerprint density at radius 3 is 2.57 bits per heavy atom. The molecule has 1 atom stereocenters. The highest BCUT2D eigenvalue weighted by molar-refractivity contribution is 6.04. The molecule has 2 aliphatic rings. The Bertz CT molecular complexity index is 977. The molecule has 0 aromatic heterocycles. The largest absolute Gasteiger partial charge is 0.493 e. The highest BCUT2D eigenvalue weighted by atomic mass is 16.7. The molecular formula is C24H29NO5. The maximum atomic E-state index is 13.3. The quantitative estimate of drug-likeness (QED) is 0.748. The van der Waals surface area contributed by atoms with Crippen molar-refractivity contribution >= 4 is 5.78 Å². The molecule has 160 valence electrons. The maximum Gasteiger partial charge on any atom is 0.231 e. The van der Waals surface area contributed by atoms with E-state index >= 15 is 0 Å². The summed E-state index contributed by atoms with van der Waals surface area (Å²) < 4.78 is 22.2. The lowest BCUT2D eigenvalue weighted by atomic mass is 9.81. The summed E-state index contributed by atoms with van der Waals surface area (Å²) in [6.07, 6.45) is 1.58. The lowest BCUT2D eigenvalue weighted by Gasteiger charge is -2.29. The van der Waals surface area contributed by atoms with Gasteiger partial charge >= 0.3 is 0 Å². The van der Waals surface area contributed by atoms with Gasteiger partial charge in [0.25, 0.3) is 0 Å². The third-order valence-electron chi connectivity index (χ3n) is 5.76. The number of ether oxygens (including phenoxy) is 4. The number of hydrogen-bond donors (Lipinski definition) is 1. The maximum absolute atomic E-state index is 13.3. The van der Waals surface area contributed by atoms with Crippen molar-refractivity contribution in [3.8, 4) is 23.0 Å². The molecule has 0 fully saturated rings. The van der Waals surface area contributed by atoms with Crippen LogP contribution in [0.2, 0.25) is 0 Å². The molecule has 6 nitrogen and oxygen atoms in total. The average molecular weight is 411 g/mol. The van der Waals surface area contributed by atoms with Crippen molar-refractivity contribution in [1.29, 1.82) is 0 Å². The third kappa shape index (κ3) is 3.60. The predicted octanol–water partition coefficient (Wildman–Crippen LogP) is 4.09. The minimum Gasteiger partial charge on any atom is -0.493 e. The van der Waals surface area contributed by atoms with Gasteiger partial charge in [0.05, 0.1) is 19.8 Å². The molecule has 4 rings (SSSR count). The van der Waals surface area contributed by atoms with Crippen LogP contribution in [0.4, 0.5) is 0 Å². The highest BCUT2D eigenvalue weighted by Gasteiger charge is 2.33. The minimum atomic E-state index is -0.524. The molecule has 0 saturated carbocycles. The van der Waals surface area contributed by atoms with E-state index in [2.05, 4.69) is 11.4 Å². The molecule has 2 aliphatic heterocycles. The zero-order valence-electron chi connectivity index (χ0n) is 18.3. The summed E-state index contributed by atoms with van der Waals surface area (Å²) in [5, 5.41) is 3.61. The summed E-state index contributed by atoms with van der Waals surface area (Å²) in [4.78, 5) is 13.3. The molecular weight excluding hydrogens is 382 g/mol. The number of carbonyl (C=O) groups is 1. The van der Waals surface area contributed by atoms with Crippen LogP contribution in [0.3, 0.4) is 0 Å². The Kier molecular flexibility index (Phi) is 5.36. The monoisotopic (exact) mass is 411 g/mol. The number of nitrogens with one attached hydrogen (secondary N) is 1. The Balaban J connectivity index is 1.76. The van der Waals surface area contributed by atoms with E-state index in [1.807, 2.05) is 39.0 Å². The zero-order valence-corrected chi connectivity index (χ0v) is 18.3. The summed E-state index contributed by atoms with van der Waals surface area (Å²) in [7, 11) is 3.30. The molecule has 6 heteroatoms. The summed E-state index contributed by atoms with van der Waals surface area (Å²) in [6, 6.07) is 8.05. The Hall–Kier alpha value is -2.73. The molecule has 2 heterocycles. The fraction of sp³-hybridized carbons (Fsp3) is 0.458. The third-order valence-corrected chi connectivity index (χ3v) is 5.76. The second-order valence-electron chi connectivity index (χ2n) is 8.78. The van der Waals surface area contributed by atoms with Crippen LogP contribution in [0.1, 0.15) is 53.9 Å². The molecule has 0 aliphatic carbocycles. The molecule has 0 amide bonds. The molecule has 0 saturated heterocycles. The van der Waals surface area contributed by atoms with E-state index < -0.39 is 5.41 Å². The standard InChI is InChI=1S/C24H29NO5/c1-24(2,3)23(26)21-15(6-7-18-22(21)30-13-29-18)10-17-16-12-20(28-5)19(27-4)11-14(16)8-9-25-17/h6-7,11-12,17,25H,8-10,13H2,1-5H3. The van der Waals surface area contributed by atoms with Gasteiger partial charge in [-0.25, -0.2) is 0 Å². The average Bonchev–Trinajstić information content (AvgIpc) is 3.20. The highest BCUT2D eigenvalue weighted by Crippen LogP contribution is 2.42. The van der Waals surface area contributed by atoms with E-state index in [0.717, 1.165) is 24.3 Å². The van der Waals surface area contributed by atoms with E-state index in [4.69, 9.17) is 18.9 Å². The number of Topliss-reactive ketones (excluding diaryl/α,β-unsaturated/α-hetero) is 1. The van der Waals surface area contributed by atoms with Crippen molar-refractivity contribution in [2.45, 2.75) is 39.7 Å². The lowest BCUT2D eigenvalue weighted by Crippen LogP contribution is -2.32. The van der Waals surface area contributed by atoms with Crippen molar-refractivity contribution < 1.29 is 23.7 Å². The van der Waals surface area contributed by atoms with Crippen LogP contribution in [0.5, 0.6) is 23.0 Å². The van der Waals surface area contributed by atoms with Gasteiger partial charge in [-0.2, -0.15) is 0 Å². The summed E-state index contributed by atoms with van der Waals surface area (Å²) in [5.41, 5.74) is 3.47. The molecule has 2 aromatic rings. The minimum absolute atomic E-state index is 0.0560. The van der Waals surface area contributed by atoms with Gasteiger partial charge in [0.2, 0.25) is 6.79 Å². The summed E-state index contributed by atoms with van der Waals surface area (Å²) in [5.74, 6) is 2.71. The Morgan fingerprint density at radius 2 is 1.87 bits per heavy atom. The fourth-order valence-corrected chi connectivity index (χ4v) is 4.18. The number of rotatable bonds is 5. The van der Waals surface area contributed by atoms with E-state index in [9.17, 15) is 4.79 Å². The summed E-state index contributed by atoms with van der Waals surface area (Å²) >= 11 is 0. The van der Waals surface area contributed by atoms with Crippen molar-refractivity contribution in [2.24, 2.45) is 5.41 Å². The fourth-order valence-electron chi connectivity index (χ4n) is 4.18. The molecule has 30 heavy (non-hydrogen) atoms. The van der Waals surface area contributed by atoms with Crippen LogP contribution < -0.4 is 24.3 Å². The number of fused-ring (bicyclic) bond motifs is 2. The molecule has 2 aromatic carbocycles. The van der Waals surface area contributed by atoms with Gasteiger partial charge in [-0.1, -0.05) is 26.8 Å². The molecule has 0 spiro atoms. The smallest absolute Gasteiger partial charge is 0.231 e. The number of carbonyl (C=O) groups excluding carboxylic acids is 1. The lowest BCUT2D eigenvalue weighted by molar-refractivity contribution is 0.0852. The molecule has 0 bridgehead atoms. The van der Waals surface area contributed by atoms with Crippen LogP contribution in [-0.4, -0.2) is 33.3 Å². The van der Waals surface area contributed by atoms with Crippen molar-refractivity contribution in [1.82, 2.24) is 5.32 Å². The SMILES string of the molecule is COc1cc2c(cc1OC)C(Cc1ccc3c(c1C(=O)C(C)(C)C)OCO3)NCC2. The number of methoxy groups -OCH3 is 2. The predicted molar refractivity (Wildman–Crippen MR) is 114 cm³/mol. The van der Waals surface area contributed by atoms with Crippen LogP contribution in [-0.2, 0) is 12.8 Å². The van der Waals surface area contributed by atoms with E-state index in [-0.39, 0.29) is 18.6 Å². The first-order valence-electron chi connectivity index (χ1n) is 10.3. The van der Waals surface area contributed by atoms with Crippen LogP contribution in [0, 0.1) is 5.41 Å². The van der Waals surface area contributed by atoms with E-state index in [0.29, 0.717) is 29.2 Å². The van der Waals surface area contributed by atoms with Gasteiger partial charge in [0.15, 0.2) is 28.8 Å². The van der Waals surface area contributed by atoms with Gasteiger partial charge in [0, 0.05) is 11.5 Å². The van der Waals surface area contributed by atoms with Gasteiger partial charge in [-0.3, -0.25) is 4.79 Å². The van der Waals surface area contributed by atoms with Crippen LogP contribution >= 0.6 is 0 Å². The zero-order chi connectivity index (χ0) is 21.5. The second-order valence-corrected chi connectivity index (χ2v) is 8.78. The van der Waals surface area contributed by atoms with Crippen molar-refractivity contribution in [3.05, 3.63) is 46.5 Å². The molecule has 1 unspecified atom stereocenters. The van der Waals surface area contributed by atoms with Gasteiger partial charge in [-0.15, -0.1) is 0 Å². The topological polar surface area (TPSA) is 66.0 Å². The molecule has 1 N–H and O–H groups in total. The Morgan fingerprint density at radius 1 is 1.13 bits per heavy atom. The number of ketones is 1.